The molecule has 1 aromatic rings. The summed E-state index contributed by atoms with van der Waals surface area (Å²) in [7, 11) is -3.42. The van der Waals surface area contributed by atoms with Crippen molar-refractivity contribution in [2.75, 3.05) is 19.6 Å². The highest BCUT2D eigenvalue weighted by Crippen LogP contribution is 2.53. The van der Waals surface area contributed by atoms with Crippen molar-refractivity contribution in [3.05, 3.63) is 29.3 Å². The molecule has 2 heterocycles. The Kier molecular flexibility index (Phi) is 4.13. The van der Waals surface area contributed by atoms with Crippen molar-refractivity contribution in [2.24, 2.45) is 17.8 Å². The molecule has 0 radical (unpaired) electrons. The second-order valence-corrected chi connectivity index (χ2v) is 10.7. The number of rotatable bonds is 4. The van der Waals surface area contributed by atoms with Gasteiger partial charge in [-0.1, -0.05) is 6.07 Å². The van der Waals surface area contributed by atoms with Gasteiger partial charge >= 0.3 is 0 Å². The number of hydrogen-bond donors (Lipinski definition) is 0. The number of amides is 1. The third-order valence-electron chi connectivity index (χ3n) is 7.03. The van der Waals surface area contributed by atoms with Gasteiger partial charge in [0.05, 0.1) is 4.90 Å². The predicted molar refractivity (Wildman–Crippen MR) is 103 cm³/mol. The summed E-state index contributed by atoms with van der Waals surface area (Å²) in [5, 5.41) is 0. The second kappa shape index (κ2) is 6.31. The summed E-state index contributed by atoms with van der Waals surface area (Å²) in [5.74, 6) is 2.04. The van der Waals surface area contributed by atoms with Gasteiger partial charge in [-0.3, -0.25) is 4.79 Å². The van der Waals surface area contributed by atoms with Crippen LogP contribution in [0.5, 0.6) is 0 Å². The maximum Gasteiger partial charge on any atom is 0.243 e. The van der Waals surface area contributed by atoms with Crippen molar-refractivity contribution in [3.63, 3.8) is 0 Å². The lowest BCUT2D eigenvalue weighted by Crippen LogP contribution is -2.60. The van der Waals surface area contributed by atoms with Gasteiger partial charge in [0.25, 0.3) is 0 Å². The van der Waals surface area contributed by atoms with Crippen LogP contribution in [0.4, 0.5) is 0 Å². The molecular weight excluding hydrogens is 360 g/mol. The fraction of sp³-hybridized carbons (Fsp3) is 0.667. The molecule has 2 atom stereocenters. The molecule has 2 aliphatic carbocycles. The van der Waals surface area contributed by atoms with Gasteiger partial charge in [0.2, 0.25) is 15.9 Å². The summed E-state index contributed by atoms with van der Waals surface area (Å²) in [6, 6.07) is 5.87. The van der Waals surface area contributed by atoms with E-state index in [1.165, 1.54) is 31.2 Å². The van der Waals surface area contributed by atoms with Crippen molar-refractivity contribution < 1.29 is 13.2 Å². The van der Waals surface area contributed by atoms with E-state index in [0.29, 0.717) is 36.4 Å². The van der Waals surface area contributed by atoms with Crippen molar-refractivity contribution >= 4 is 15.9 Å². The number of sulfonamides is 1. The van der Waals surface area contributed by atoms with Crippen LogP contribution in [0, 0.1) is 17.8 Å². The van der Waals surface area contributed by atoms with Gasteiger partial charge in [-0.25, -0.2) is 8.42 Å². The topological polar surface area (TPSA) is 57.7 Å². The van der Waals surface area contributed by atoms with Crippen LogP contribution in [0.2, 0.25) is 0 Å². The number of carbonyl (C=O) groups is 1. The third-order valence-corrected chi connectivity index (χ3v) is 8.89. The maximum atomic E-state index is 13.4. The van der Waals surface area contributed by atoms with E-state index < -0.39 is 10.0 Å². The molecule has 27 heavy (non-hydrogen) atoms. The Bertz CT molecular complexity index is 873. The van der Waals surface area contributed by atoms with E-state index in [1.54, 1.807) is 17.3 Å². The summed E-state index contributed by atoms with van der Waals surface area (Å²) in [5.41, 5.74) is 2.26. The van der Waals surface area contributed by atoms with Gasteiger partial charge in [0.15, 0.2) is 0 Å². The van der Waals surface area contributed by atoms with Crippen LogP contribution < -0.4 is 0 Å². The van der Waals surface area contributed by atoms with Crippen molar-refractivity contribution in [3.8, 4) is 0 Å². The molecule has 146 valence electrons. The highest BCUT2D eigenvalue weighted by Gasteiger charge is 2.56. The SMILES string of the molecule is CC(=O)N1CCc2ccc(S(=O)(=O)N3CC(C4CC4)C3C3CC3)cc2CC1. The molecule has 1 amide bonds. The summed E-state index contributed by atoms with van der Waals surface area (Å²) in [4.78, 5) is 14.0. The van der Waals surface area contributed by atoms with E-state index >= 15 is 0 Å². The largest absolute Gasteiger partial charge is 0.342 e. The smallest absolute Gasteiger partial charge is 0.243 e. The molecule has 5 rings (SSSR count). The monoisotopic (exact) mass is 388 g/mol. The van der Waals surface area contributed by atoms with E-state index in [4.69, 9.17) is 0 Å². The minimum atomic E-state index is -3.42. The molecule has 4 aliphatic rings. The lowest BCUT2D eigenvalue weighted by Gasteiger charge is -2.48. The average Bonchev–Trinajstić information content (AvgIpc) is 3.46. The van der Waals surface area contributed by atoms with Gasteiger partial charge in [-0.2, -0.15) is 4.31 Å². The molecule has 0 aromatic heterocycles. The molecule has 6 heteroatoms. The minimum Gasteiger partial charge on any atom is -0.342 e. The maximum absolute atomic E-state index is 13.4. The minimum absolute atomic E-state index is 0.0922. The Labute approximate surface area is 161 Å². The quantitative estimate of drug-likeness (QED) is 0.796. The van der Waals surface area contributed by atoms with Crippen molar-refractivity contribution in [2.45, 2.75) is 56.4 Å². The zero-order chi connectivity index (χ0) is 18.8. The summed E-state index contributed by atoms with van der Waals surface area (Å²) in [6.07, 6.45) is 6.47. The summed E-state index contributed by atoms with van der Waals surface area (Å²) >= 11 is 0. The fourth-order valence-corrected chi connectivity index (χ4v) is 6.88. The number of nitrogens with zero attached hydrogens (tertiary/aromatic N) is 2. The average molecular weight is 389 g/mol. The first-order valence-corrected chi connectivity index (χ1v) is 11.8. The Balaban J connectivity index is 1.39. The molecule has 3 fully saturated rings. The lowest BCUT2D eigenvalue weighted by atomic mass is 9.84. The van der Waals surface area contributed by atoms with Crippen LogP contribution in [0.1, 0.15) is 43.7 Å². The molecule has 2 saturated carbocycles. The molecule has 0 spiro atoms. The summed E-state index contributed by atoms with van der Waals surface area (Å²) in [6.45, 7) is 3.70. The van der Waals surface area contributed by atoms with E-state index in [-0.39, 0.29) is 11.9 Å². The fourth-order valence-electron chi connectivity index (χ4n) is 5.06. The van der Waals surface area contributed by atoms with E-state index in [0.717, 1.165) is 24.3 Å². The third kappa shape index (κ3) is 3.11. The highest BCUT2D eigenvalue weighted by atomic mass is 32.2. The Morgan fingerprint density at radius 2 is 1.67 bits per heavy atom. The first-order valence-electron chi connectivity index (χ1n) is 10.3. The van der Waals surface area contributed by atoms with Gasteiger partial charge in [0, 0.05) is 32.6 Å². The zero-order valence-corrected chi connectivity index (χ0v) is 16.7. The first kappa shape index (κ1) is 17.7. The second-order valence-electron chi connectivity index (χ2n) is 8.84. The Hall–Kier alpha value is -1.40. The predicted octanol–water partition coefficient (Wildman–Crippen LogP) is 2.44. The van der Waals surface area contributed by atoms with Crippen LogP contribution >= 0.6 is 0 Å². The molecule has 2 aliphatic heterocycles. The molecular formula is C21H28N2O3S. The van der Waals surface area contributed by atoms with Gasteiger partial charge in [-0.05, 0) is 79.5 Å². The molecule has 1 saturated heterocycles. The lowest BCUT2D eigenvalue weighted by molar-refractivity contribution is -0.128. The van der Waals surface area contributed by atoms with E-state index in [1.807, 2.05) is 17.0 Å². The molecule has 1 aromatic carbocycles. The van der Waals surface area contributed by atoms with E-state index in [9.17, 15) is 13.2 Å². The first-order chi connectivity index (χ1) is 12.9. The van der Waals surface area contributed by atoms with E-state index in [2.05, 4.69) is 0 Å². The molecule has 0 bridgehead atoms. The molecule has 5 nitrogen and oxygen atoms in total. The Morgan fingerprint density at radius 1 is 1.00 bits per heavy atom. The zero-order valence-electron chi connectivity index (χ0n) is 15.9. The van der Waals surface area contributed by atoms with Crippen LogP contribution in [0.3, 0.4) is 0 Å². The number of hydrogen-bond acceptors (Lipinski definition) is 3. The Morgan fingerprint density at radius 3 is 2.30 bits per heavy atom. The van der Waals surface area contributed by atoms with Crippen LogP contribution in [-0.4, -0.2) is 49.2 Å². The van der Waals surface area contributed by atoms with Crippen LogP contribution in [-0.2, 0) is 27.7 Å². The highest BCUT2D eigenvalue weighted by molar-refractivity contribution is 7.89. The van der Waals surface area contributed by atoms with Gasteiger partial charge in [0.1, 0.15) is 0 Å². The van der Waals surface area contributed by atoms with Crippen molar-refractivity contribution in [1.82, 2.24) is 9.21 Å². The van der Waals surface area contributed by atoms with Crippen LogP contribution in [0.15, 0.2) is 23.1 Å². The summed E-state index contributed by atoms with van der Waals surface area (Å²) < 4.78 is 28.5. The number of carbonyl (C=O) groups excluding carboxylic acids is 1. The van der Waals surface area contributed by atoms with Gasteiger partial charge < -0.3 is 4.90 Å². The van der Waals surface area contributed by atoms with Crippen LogP contribution in [0.25, 0.3) is 0 Å². The molecule has 2 unspecified atom stereocenters. The number of fused-ring (bicyclic) bond motifs is 1. The normalized spacial score (nSPS) is 29.0. The molecule has 0 N–H and O–H groups in total. The van der Waals surface area contributed by atoms with Crippen molar-refractivity contribution in [1.29, 1.82) is 0 Å². The van der Waals surface area contributed by atoms with Gasteiger partial charge in [-0.15, -0.1) is 0 Å². The standard InChI is InChI=1S/C21H28N2O3S/c1-14(24)22-10-8-15-6-7-19(12-18(15)9-11-22)27(25,26)23-13-20(16-2-3-16)21(23)17-4-5-17/h6-7,12,16-17,20-21H,2-5,8-11,13H2,1H3. The number of benzene rings is 1.